The topological polar surface area (TPSA) is 23.6 Å². The van der Waals surface area contributed by atoms with Crippen molar-refractivity contribution in [2.24, 2.45) is 23.7 Å². The summed E-state index contributed by atoms with van der Waals surface area (Å²) in [4.78, 5) is 13.0. The van der Waals surface area contributed by atoms with Crippen LogP contribution in [0.4, 0.5) is 0 Å². The molecule has 5 unspecified atom stereocenters. The number of nitrogens with zero attached hydrogens (tertiary/aromatic N) is 2. The van der Waals surface area contributed by atoms with Gasteiger partial charge in [-0.05, 0) is 82.5 Å². The van der Waals surface area contributed by atoms with Gasteiger partial charge in [0.1, 0.15) is 5.54 Å². The molecular weight excluding hydrogens is 284 g/mol. The third kappa shape index (κ3) is 1.95. The summed E-state index contributed by atoms with van der Waals surface area (Å²) in [6.07, 6.45) is 13.6. The zero-order valence-electron chi connectivity index (χ0n) is 14.8. The van der Waals surface area contributed by atoms with Crippen LogP contribution in [0.1, 0.15) is 78.1 Å². The molecule has 5 atom stereocenters. The van der Waals surface area contributed by atoms with Crippen LogP contribution in [0, 0.1) is 23.7 Å². The molecule has 128 valence electrons. The summed E-state index contributed by atoms with van der Waals surface area (Å²) in [5.74, 6) is 4.25. The maximum Gasteiger partial charge on any atom is 0.258 e. The molecule has 3 heteroatoms. The van der Waals surface area contributed by atoms with E-state index in [4.69, 9.17) is 0 Å². The van der Waals surface area contributed by atoms with E-state index < -0.39 is 0 Å². The first-order valence-electron chi connectivity index (χ1n) is 10.2. The predicted octanol–water partition coefficient (Wildman–Crippen LogP) is 3.98. The molecule has 2 bridgehead atoms. The van der Waals surface area contributed by atoms with Gasteiger partial charge in [0.05, 0.1) is 6.04 Å². The Labute approximate surface area is 140 Å². The van der Waals surface area contributed by atoms with Crippen LogP contribution in [0.25, 0.3) is 0 Å². The van der Waals surface area contributed by atoms with Crippen LogP contribution < -0.4 is 0 Å². The van der Waals surface area contributed by atoms with E-state index in [1.807, 2.05) is 0 Å². The molecule has 4 aliphatic carbocycles. The smallest absolute Gasteiger partial charge is 0.258 e. The molecule has 5 aliphatic rings. The van der Waals surface area contributed by atoms with E-state index >= 15 is 0 Å². The third-order valence-electron chi connectivity index (χ3n) is 8.15. The van der Waals surface area contributed by atoms with Gasteiger partial charge in [-0.25, -0.2) is 5.01 Å². The Morgan fingerprint density at radius 3 is 2.39 bits per heavy atom. The third-order valence-corrected chi connectivity index (χ3v) is 8.15. The highest BCUT2D eigenvalue weighted by molar-refractivity contribution is 5.90. The van der Waals surface area contributed by atoms with E-state index in [0.29, 0.717) is 18.0 Å². The molecule has 5 rings (SSSR count). The minimum Gasteiger partial charge on any atom is -0.271 e. The zero-order valence-corrected chi connectivity index (χ0v) is 14.8. The van der Waals surface area contributed by atoms with Crippen molar-refractivity contribution in [2.45, 2.75) is 95.7 Å². The SMILES string of the molecule is CC1(C)C(=O)N(C2CCC3CC4CC2CC34)N1C1CCCCC1. The van der Waals surface area contributed by atoms with E-state index in [1.54, 1.807) is 0 Å². The zero-order chi connectivity index (χ0) is 15.8. The molecule has 4 saturated carbocycles. The van der Waals surface area contributed by atoms with Crippen molar-refractivity contribution < 1.29 is 4.79 Å². The minimum atomic E-state index is -0.255. The van der Waals surface area contributed by atoms with Gasteiger partial charge in [-0.15, -0.1) is 0 Å². The lowest BCUT2D eigenvalue weighted by molar-refractivity contribution is -0.246. The molecule has 1 heterocycles. The number of amides is 1. The fourth-order valence-corrected chi connectivity index (χ4v) is 6.98. The summed E-state index contributed by atoms with van der Waals surface area (Å²) in [5.41, 5.74) is -0.255. The van der Waals surface area contributed by atoms with Crippen LogP contribution in [0.3, 0.4) is 0 Å². The highest BCUT2D eigenvalue weighted by Crippen LogP contribution is 2.60. The number of carbonyl (C=O) groups excluding carboxylic acids is 1. The lowest BCUT2D eigenvalue weighted by atomic mass is 9.64. The van der Waals surface area contributed by atoms with Gasteiger partial charge in [-0.3, -0.25) is 9.80 Å². The van der Waals surface area contributed by atoms with Crippen molar-refractivity contribution in [3.05, 3.63) is 0 Å². The van der Waals surface area contributed by atoms with Gasteiger partial charge in [0.25, 0.3) is 5.91 Å². The molecule has 0 spiro atoms. The van der Waals surface area contributed by atoms with Crippen molar-refractivity contribution in [1.82, 2.24) is 10.0 Å². The fraction of sp³-hybridized carbons (Fsp3) is 0.950. The Morgan fingerprint density at radius 2 is 1.61 bits per heavy atom. The lowest BCUT2D eigenvalue weighted by Crippen LogP contribution is -2.79. The minimum absolute atomic E-state index is 0.255. The largest absolute Gasteiger partial charge is 0.271 e. The van der Waals surface area contributed by atoms with Crippen LogP contribution in [0.5, 0.6) is 0 Å². The normalized spacial score (nSPS) is 46.3. The standard InChI is InChI=1S/C20H32N2O/c1-20(2)19(23)21(22(20)16-6-4-3-5-7-16)18-9-8-13-10-14-11-15(18)12-17(13)14/h13-18H,3-12H2,1-2H3. The van der Waals surface area contributed by atoms with Gasteiger partial charge in [0.15, 0.2) is 0 Å². The molecule has 1 saturated heterocycles. The van der Waals surface area contributed by atoms with Crippen molar-refractivity contribution in [3.63, 3.8) is 0 Å². The van der Waals surface area contributed by atoms with E-state index in [2.05, 4.69) is 23.9 Å². The lowest BCUT2D eigenvalue weighted by Gasteiger charge is -2.62. The monoisotopic (exact) mass is 316 g/mol. The van der Waals surface area contributed by atoms with E-state index in [-0.39, 0.29) is 5.54 Å². The van der Waals surface area contributed by atoms with Gasteiger partial charge in [0.2, 0.25) is 0 Å². The number of hydrogen-bond donors (Lipinski definition) is 0. The number of fused-ring (bicyclic) bond motifs is 1. The molecule has 1 aliphatic heterocycles. The van der Waals surface area contributed by atoms with Gasteiger partial charge in [-0.1, -0.05) is 19.3 Å². The molecule has 0 N–H and O–H groups in total. The van der Waals surface area contributed by atoms with E-state index in [9.17, 15) is 4.79 Å². The summed E-state index contributed by atoms with van der Waals surface area (Å²) >= 11 is 0. The van der Waals surface area contributed by atoms with E-state index in [1.165, 1.54) is 64.2 Å². The van der Waals surface area contributed by atoms with Crippen molar-refractivity contribution in [2.75, 3.05) is 0 Å². The number of hydrazine groups is 1. The number of rotatable bonds is 2. The van der Waals surface area contributed by atoms with Gasteiger partial charge < -0.3 is 0 Å². The Hall–Kier alpha value is -0.570. The van der Waals surface area contributed by atoms with Gasteiger partial charge >= 0.3 is 0 Å². The van der Waals surface area contributed by atoms with E-state index in [0.717, 1.165) is 23.7 Å². The van der Waals surface area contributed by atoms with Crippen molar-refractivity contribution in [3.8, 4) is 0 Å². The fourth-order valence-electron chi connectivity index (χ4n) is 6.98. The summed E-state index contributed by atoms with van der Waals surface area (Å²) in [5, 5.41) is 4.83. The summed E-state index contributed by atoms with van der Waals surface area (Å²) in [6.45, 7) is 4.32. The van der Waals surface area contributed by atoms with Crippen molar-refractivity contribution in [1.29, 1.82) is 0 Å². The summed E-state index contributed by atoms with van der Waals surface area (Å²) in [7, 11) is 0. The highest BCUT2D eigenvalue weighted by atomic mass is 16.2. The maximum atomic E-state index is 13.0. The second kappa shape index (κ2) is 4.97. The second-order valence-electron chi connectivity index (χ2n) is 9.64. The maximum absolute atomic E-state index is 13.0. The molecule has 3 nitrogen and oxygen atoms in total. The molecule has 1 amide bonds. The number of hydrogen-bond acceptors (Lipinski definition) is 2. The molecule has 0 aromatic heterocycles. The van der Waals surface area contributed by atoms with Crippen LogP contribution in [0.2, 0.25) is 0 Å². The Bertz CT molecular complexity index is 510. The molecule has 0 aromatic carbocycles. The van der Waals surface area contributed by atoms with Crippen LogP contribution in [0.15, 0.2) is 0 Å². The first-order chi connectivity index (χ1) is 11.1. The highest BCUT2D eigenvalue weighted by Gasteiger charge is 2.61. The molecular formula is C20H32N2O. The first-order valence-corrected chi connectivity index (χ1v) is 10.2. The van der Waals surface area contributed by atoms with Crippen LogP contribution in [-0.2, 0) is 4.79 Å². The molecule has 0 aromatic rings. The Morgan fingerprint density at radius 1 is 0.870 bits per heavy atom. The average Bonchev–Trinajstić information content (AvgIpc) is 2.78. The second-order valence-corrected chi connectivity index (χ2v) is 9.64. The van der Waals surface area contributed by atoms with Crippen LogP contribution in [-0.4, -0.2) is 33.5 Å². The van der Waals surface area contributed by atoms with Crippen LogP contribution >= 0.6 is 0 Å². The van der Waals surface area contributed by atoms with Gasteiger partial charge in [-0.2, -0.15) is 0 Å². The quantitative estimate of drug-likeness (QED) is 0.769. The average molecular weight is 316 g/mol. The Balaban J connectivity index is 1.40. The predicted molar refractivity (Wildman–Crippen MR) is 90.5 cm³/mol. The molecule has 0 radical (unpaired) electrons. The summed E-state index contributed by atoms with van der Waals surface area (Å²) in [6, 6.07) is 1.14. The Kier molecular flexibility index (Phi) is 3.19. The molecule has 5 fully saturated rings. The number of carbonyl (C=O) groups is 1. The summed E-state index contributed by atoms with van der Waals surface area (Å²) < 4.78 is 0. The first kappa shape index (κ1) is 14.7. The van der Waals surface area contributed by atoms with Gasteiger partial charge in [0, 0.05) is 6.04 Å². The molecule has 23 heavy (non-hydrogen) atoms. The van der Waals surface area contributed by atoms with Crippen molar-refractivity contribution >= 4 is 5.91 Å².